The summed E-state index contributed by atoms with van der Waals surface area (Å²) in [6.07, 6.45) is -1.81. The van der Waals surface area contributed by atoms with Gasteiger partial charge in [-0.25, -0.2) is 0 Å². The molecule has 0 unspecified atom stereocenters. The third-order valence-electron chi connectivity index (χ3n) is 6.64. The van der Waals surface area contributed by atoms with Crippen molar-refractivity contribution in [3.63, 3.8) is 0 Å². The minimum absolute atomic E-state index is 0.187. The Morgan fingerprint density at radius 1 is 0.757 bits per heavy atom. The quantitative estimate of drug-likeness (QED) is 0.403. The number of amides is 2. The number of nitrogens with one attached hydrogen (secondary N) is 1. The van der Waals surface area contributed by atoms with Crippen molar-refractivity contribution in [3.05, 3.63) is 101 Å². The van der Waals surface area contributed by atoms with Crippen LogP contribution in [-0.4, -0.2) is 65.3 Å². The number of hydrogen-bond donors (Lipinski definition) is 3. The van der Waals surface area contributed by atoms with Crippen molar-refractivity contribution in [2.45, 2.75) is 31.6 Å². The van der Waals surface area contributed by atoms with Gasteiger partial charge in [0.05, 0.1) is 10.7 Å². The second kappa shape index (κ2) is 12.7. The minimum atomic E-state index is -1.85. The maximum absolute atomic E-state index is 12.7. The van der Waals surface area contributed by atoms with Crippen LogP contribution in [-0.2, 0) is 29.0 Å². The molecule has 7 nitrogen and oxygen atoms in total. The van der Waals surface area contributed by atoms with E-state index in [-0.39, 0.29) is 6.54 Å². The summed E-state index contributed by atoms with van der Waals surface area (Å²) in [7, 11) is 0. The van der Waals surface area contributed by atoms with Crippen LogP contribution in [0.5, 0.6) is 0 Å². The van der Waals surface area contributed by atoms with E-state index in [0.717, 1.165) is 24.1 Å². The van der Waals surface area contributed by atoms with E-state index >= 15 is 0 Å². The predicted molar refractivity (Wildman–Crippen MR) is 144 cm³/mol. The molecule has 0 spiro atoms. The van der Waals surface area contributed by atoms with Crippen LogP contribution in [0.1, 0.15) is 16.7 Å². The molecule has 0 bridgehead atoms. The monoisotopic (exact) mass is 521 g/mol. The number of benzene rings is 3. The average Bonchev–Trinajstić information content (AvgIpc) is 2.95. The molecule has 1 saturated heterocycles. The van der Waals surface area contributed by atoms with Crippen LogP contribution < -0.4 is 10.2 Å². The van der Waals surface area contributed by atoms with Gasteiger partial charge in [0.25, 0.3) is 11.8 Å². The molecule has 0 aromatic heterocycles. The van der Waals surface area contributed by atoms with Crippen molar-refractivity contribution in [1.82, 2.24) is 10.2 Å². The largest absolute Gasteiger partial charge is 0.380 e. The number of carbonyl (C=O) groups excluding carboxylic acids is 2. The fourth-order valence-electron chi connectivity index (χ4n) is 4.39. The number of aliphatic hydroxyl groups excluding tert-OH is 2. The van der Waals surface area contributed by atoms with Gasteiger partial charge < -0.3 is 25.3 Å². The molecule has 0 radical (unpaired) electrons. The summed E-state index contributed by atoms with van der Waals surface area (Å²) < 4.78 is 0. The lowest BCUT2D eigenvalue weighted by Crippen LogP contribution is -2.55. The smallest absolute Gasteiger partial charge is 0.254 e. The van der Waals surface area contributed by atoms with Gasteiger partial charge in [0.1, 0.15) is 0 Å². The Morgan fingerprint density at radius 2 is 1.32 bits per heavy atom. The molecule has 1 aliphatic heterocycles. The first-order valence-corrected chi connectivity index (χ1v) is 12.8. The van der Waals surface area contributed by atoms with Crippen molar-refractivity contribution >= 4 is 29.1 Å². The number of anilines is 1. The van der Waals surface area contributed by atoms with Crippen LogP contribution in [0.4, 0.5) is 5.69 Å². The number of rotatable bonds is 9. The number of piperazine rings is 1. The predicted octanol–water partition coefficient (Wildman–Crippen LogP) is 2.81. The zero-order valence-electron chi connectivity index (χ0n) is 20.6. The second-order valence-corrected chi connectivity index (χ2v) is 9.58. The lowest BCUT2D eigenvalue weighted by Gasteiger charge is -2.37. The fraction of sp³-hybridized carbons (Fsp3) is 0.310. The molecule has 3 aromatic rings. The van der Waals surface area contributed by atoms with Crippen molar-refractivity contribution < 1.29 is 19.8 Å². The molecule has 2 amide bonds. The van der Waals surface area contributed by atoms with Gasteiger partial charge in [-0.2, -0.15) is 0 Å². The van der Waals surface area contributed by atoms with Gasteiger partial charge in [-0.1, -0.05) is 78.3 Å². The van der Waals surface area contributed by atoms with Crippen LogP contribution >= 0.6 is 11.6 Å². The van der Waals surface area contributed by atoms with E-state index in [2.05, 4.69) is 22.3 Å². The lowest BCUT2D eigenvalue weighted by atomic mass is 10.0. The Labute approximate surface area is 222 Å². The fourth-order valence-corrected chi connectivity index (χ4v) is 4.65. The van der Waals surface area contributed by atoms with Crippen LogP contribution in [0.3, 0.4) is 0 Å². The molecule has 0 saturated carbocycles. The molecule has 37 heavy (non-hydrogen) atoms. The number of carbonyl (C=O) groups is 2. The van der Waals surface area contributed by atoms with E-state index in [0.29, 0.717) is 31.2 Å². The van der Waals surface area contributed by atoms with Crippen molar-refractivity contribution in [3.8, 4) is 0 Å². The third kappa shape index (κ3) is 7.10. The second-order valence-electron chi connectivity index (χ2n) is 9.17. The maximum atomic E-state index is 12.7. The molecule has 4 rings (SSSR count). The number of hydrogen-bond acceptors (Lipinski definition) is 5. The minimum Gasteiger partial charge on any atom is -0.380 e. The van der Waals surface area contributed by atoms with E-state index in [1.165, 1.54) is 16.0 Å². The summed E-state index contributed by atoms with van der Waals surface area (Å²) in [4.78, 5) is 28.7. The van der Waals surface area contributed by atoms with Crippen molar-refractivity contribution in [2.75, 3.05) is 31.1 Å². The summed E-state index contributed by atoms with van der Waals surface area (Å²) in [6, 6.07) is 25.6. The Hall–Kier alpha value is -3.39. The van der Waals surface area contributed by atoms with Gasteiger partial charge in [-0.3, -0.25) is 9.59 Å². The molecule has 194 valence electrons. The first-order valence-electron chi connectivity index (χ1n) is 12.5. The van der Waals surface area contributed by atoms with Crippen molar-refractivity contribution in [2.24, 2.45) is 0 Å². The highest BCUT2D eigenvalue weighted by Gasteiger charge is 2.34. The van der Waals surface area contributed by atoms with Gasteiger partial charge in [-0.15, -0.1) is 0 Å². The number of halogens is 1. The van der Waals surface area contributed by atoms with Crippen molar-refractivity contribution in [1.29, 1.82) is 0 Å². The third-order valence-corrected chi connectivity index (χ3v) is 6.96. The highest BCUT2D eigenvalue weighted by molar-refractivity contribution is 6.33. The molecule has 1 heterocycles. The molecule has 0 aliphatic carbocycles. The van der Waals surface area contributed by atoms with Crippen LogP contribution in [0.25, 0.3) is 0 Å². The van der Waals surface area contributed by atoms with Gasteiger partial charge >= 0.3 is 0 Å². The van der Waals surface area contributed by atoms with E-state index in [1.54, 1.807) is 0 Å². The average molecular weight is 522 g/mol. The highest BCUT2D eigenvalue weighted by Crippen LogP contribution is 2.26. The summed E-state index contributed by atoms with van der Waals surface area (Å²) in [5.74, 6) is -1.45. The van der Waals surface area contributed by atoms with Gasteiger partial charge in [0.2, 0.25) is 0 Å². The molecule has 8 heteroatoms. The molecule has 3 aromatic carbocycles. The summed E-state index contributed by atoms with van der Waals surface area (Å²) in [6.45, 7) is 1.96. The number of aliphatic hydroxyl groups is 2. The Bertz CT molecular complexity index is 1180. The first kappa shape index (κ1) is 26.7. The van der Waals surface area contributed by atoms with Crippen LogP contribution in [0.2, 0.25) is 5.02 Å². The molecule has 2 atom stereocenters. The SMILES string of the molecule is O=C(NCc1ccc(CCc2ccccc2)cc1)[C@H](O)[C@@H](O)C(=O)N1CCN(c2ccccc2Cl)CC1. The van der Waals surface area contributed by atoms with Gasteiger partial charge in [0, 0.05) is 32.7 Å². The summed E-state index contributed by atoms with van der Waals surface area (Å²) in [5.41, 5.74) is 4.22. The van der Waals surface area contributed by atoms with Gasteiger partial charge in [0.15, 0.2) is 12.2 Å². The number of para-hydroxylation sites is 1. The van der Waals surface area contributed by atoms with E-state index < -0.39 is 24.0 Å². The first-order chi connectivity index (χ1) is 17.9. The maximum Gasteiger partial charge on any atom is 0.254 e. The standard InChI is InChI=1S/C29H32ClN3O4/c30-24-8-4-5-9-25(24)32-16-18-33(19-17-32)29(37)27(35)26(34)28(36)31-20-23-14-12-22(13-15-23)11-10-21-6-2-1-3-7-21/h1-9,12-15,26-27,34-35H,10-11,16-20H2,(H,31,36)/t26-,27-/m1/s1. The Kier molecular flexibility index (Phi) is 9.17. The summed E-state index contributed by atoms with van der Waals surface area (Å²) >= 11 is 6.26. The molecule has 1 aliphatic rings. The van der Waals surface area contributed by atoms with E-state index in [9.17, 15) is 19.8 Å². The molecular weight excluding hydrogens is 490 g/mol. The Balaban J connectivity index is 1.22. The molecular formula is C29H32ClN3O4. The van der Waals surface area contributed by atoms with Crippen LogP contribution in [0, 0.1) is 0 Å². The van der Waals surface area contributed by atoms with Crippen LogP contribution in [0.15, 0.2) is 78.9 Å². The summed E-state index contributed by atoms with van der Waals surface area (Å²) in [5, 5.41) is 23.9. The number of nitrogens with zero attached hydrogens (tertiary/aromatic N) is 2. The lowest BCUT2D eigenvalue weighted by molar-refractivity contribution is -0.153. The number of aryl methyl sites for hydroxylation is 2. The Morgan fingerprint density at radius 3 is 1.97 bits per heavy atom. The molecule has 1 fully saturated rings. The molecule has 3 N–H and O–H groups in total. The topological polar surface area (TPSA) is 93.1 Å². The van der Waals surface area contributed by atoms with Gasteiger partial charge in [-0.05, 0) is 41.7 Å². The normalized spacial score (nSPS) is 15.2. The van der Waals surface area contributed by atoms with E-state index in [1.807, 2.05) is 66.7 Å². The van der Waals surface area contributed by atoms with E-state index in [4.69, 9.17) is 11.6 Å². The highest BCUT2D eigenvalue weighted by atomic mass is 35.5. The zero-order valence-corrected chi connectivity index (χ0v) is 21.3. The zero-order chi connectivity index (χ0) is 26.2.